The van der Waals surface area contributed by atoms with Crippen LogP contribution in [0, 0.1) is 11.3 Å². The Labute approximate surface area is 136 Å². The Morgan fingerprint density at radius 3 is 2.19 bits per heavy atom. The molecule has 0 spiro atoms. The van der Waals surface area contributed by atoms with Crippen molar-refractivity contribution >= 4 is 18.3 Å². The third kappa shape index (κ3) is 6.13. The molecule has 4 nitrogen and oxygen atoms in total. The molecule has 2 rings (SSSR count). The van der Waals surface area contributed by atoms with E-state index in [9.17, 15) is 4.79 Å². The lowest BCUT2D eigenvalue weighted by molar-refractivity contribution is -0.138. The smallest absolute Gasteiger partial charge is 0.225 e. The molecular formula is C16H32ClN3O. The maximum Gasteiger partial charge on any atom is 0.225 e. The van der Waals surface area contributed by atoms with Crippen LogP contribution in [0.25, 0.3) is 0 Å². The van der Waals surface area contributed by atoms with E-state index in [4.69, 9.17) is 0 Å². The number of hydrogen-bond donors (Lipinski definition) is 1. The lowest BCUT2D eigenvalue weighted by Crippen LogP contribution is -2.51. The fourth-order valence-electron chi connectivity index (χ4n) is 3.01. The van der Waals surface area contributed by atoms with Crippen LogP contribution in [0.1, 0.15) is 40.0 Å². The molecule has 0 aromatic rings. The van der Waals surface area contributed by atoms with Gasteiger partial charge in [-0.15, -0.1) is 12.4 Å². The van der Waals surface area contributed by atoms with Gasteiger partial charge in [-0.05, 0) is 44.3 Å². The molecule has 2 heterocycles. The van der Waals surface area contributed by atoms with E-state index in [1.165, 1.54) is 13.0 Å². The summed E-state index contributed by atoms with van der Waals surface area (Å²) in [5, 5.41) is 3.33. The summed E-state index contributed by atoms with van der Waals surface area (Å²) >= 11 is 0. The van der Waals surface area contributed by atoms with Crippen molar-refractivity contribution < 1.29 is 4.79 Å². The van der Waals surface area contributed by atoms with E-state index < -0.39 is 0 Å². The molecule has 2 fully saturated rings. The number of nitrogens with zero attached hydrogens (tertiary/aromatic N) is 2. The fraction of sp³-hybridized carbons (Fsp3) is 0.938. The minimum Gasteiger partial charge on any atom is -0.340 e. The van der Waals surface area contributed by atoms with Gasteiger partial charge in [-0.25, -0.2) is 0 Å². The highest BCUT2D eigenvalue weighted by Gasteiger charge is 2.28. The van der Waals surface area contributed by atoms with Gasteiger partial charge in [0.15, 0.2) is 0 Å². The number of hydrogen-bond acceptors (Lipinski definition) is 3. The Morgan fingerprint density at radius 1 is 1.10 bits per heavy atom. The summed E-state index contributed by atoms with van der Waals surface area (Å²) in [5.41, 5.74) is 0.405. The first kappa shape index (κ1) is 18.7. The van der Waals surface area contributed by atoms with Crippen LogP contribution in [0.5, 0.6) is 0 Å². The molecule has 0 radical (unpaired) electrons. The molecule has 1 N–H and O–H groups in total. The molecule has 1 amide bonds. The number of amides is 1. The summed E-state index contributed by atoms with van der Waals surface area (Å²) in [6.45, 7) is 14.0. The summed E-state index contributed by atoms with van der Waals surface area (Å²) in [5.74, 6) is 0.680. The predicted molar refractivity (Wildman–Crippen MR) is 89.9 cm³/mol. The van der Waals surface area contributed by atoms with Crippen molar-refractivity contribution in [2.45, 2.75) is 40.0 Å². The molecule has 0 bridgehead atoms. The molecule has 0 unspecified atom stereocenters. The lowest BCUT2D eigenvalue weighted by Gasteiger charge is -2.38. The van der Waals surface area contributed by atoms with Gasteiger partial charge in [-0.2, -0.15) is 0 Å². The van der Waals surface area contributed by atoms with Crippen molar-refractivity contribution in [1.29, 1.82) is 0 Å². The molecule has 5 heteroatoms. The van der Waals surface area contributed by atoms with Gasteiger partial charge in [-0.1, -0.05) is 20.8 Å². The van der Waals surface area contributed by atoms with E-state index in [0.717, 1.165) is 52.1 Å². The molecule has 21 heavy (non-hydrogen) atoms. The number of rotatable bonds is 3. The van der Waals surface area contributed by atoms with Gasteiger partial charge in [0.05, 0.1) is 0 Å². The van der Waals surface area contributed by atoms with E-state index in [1.54, 1.807) is 0 Å². The Kier molecular flexibility index (Phi) is 7.45. The number of nitrogens with one attached hydrogen (secondary N) is 1. The van der Waals surface area contributed by atoms with Crippen molar-refractivity contribution in [3.63, 3.8) is 0 Å². The van der Waals surface area contributed by atoms with E-state index in [0.29, 0.717) is 11.3 Å². The van der Waals surface area contributed by atoms with Crippen molar-refractivity contribution in [3.05, 3.63) is 0 Å². The van der Waals surface area contributed by atoms with Crippen LogP contribution < -0.4 is 5.32 Å². The Hall–Kier alpha value is -0.320. The standard InChI is InChI=1S/C16H31N3O.ClH/c1-16(2,3)6-9-18-10-12-19(13-11-18)15(20)14-4-7-17-8-5-14;/h14,17H,4-13H2,1-3H3;1H. The van der Waals surface area contributed by atoms with E-state index in [2.05, 4.69) is 35.9 Å². The average Bonchev–Trinajstić information content (AvgIpc) is 2.45. The second kappa shape index (κ2) is 8.35. The van der Waals surface area contributed by atoms with Crippen molar-refractivity contribution in [1.82, 2.24) is 15.1 Å². The Balaban J connectivity index is 0.00000220. The first-order chi connectivity index (χ1) is 9.46. The summed E-state index contributed by atoms with van der Waals surface area (Å²) in [7, 11) is 0. The van der Waals surface area contributed by atoms with Crippen LogP contribution >= 0.6 is 12.4 Å². The third-order valence-corrected chi connectivity index (χ3v) is 4.55. The van der Waals surface area contributed by atoms with E-state index in [1.807, 2.05) is 0 Å². The molecular weight excluding hydrogens is 286 g/mol. The third-order valence-electron chi connectivity index (χ3n) is 4.55. The number of carbonyl (C=O) groups is 1. The lowest BCUT2D eigenvalue weighted by atomic mass is 9.92. The normalized spacial score (nSPS) is 22.0. The SMILES string of the molecule is CC(C)(C)CCN1CCN(C(=O)C2CCNCC2)CC1.Cl. The summed E-state index contributed by atoms with van der Waals surface area (Å²) < 4.78 is 0. The highest BCUT2D eigenvalue weighted by atomic mass is 35.5. The highest BCUT2D eigenvalue weighted by Crippen LogP contribution is 2.20. The van der Waals surface area contributed by atoms with Crippen molar-refractivity contribution in [3.8, 4) is 0 Å². The number of piperidine rings is 1. The van der Waals surface area contributed by atoms with Gasteiger partial charge in [-0.3, -0.25) is 9.69 Å². The zero-order valence-corrected chi connectivity index (χ0v) is 14.7. The molecule has 0 aliphatic carbocycles. The zero-order valence-electron chi connectivity index (χ0n) is 13.9. The largest absolute Gasteiger partial charge is 0.340 e. The Bertz CT molecular complexity index is 316. The summed E-state index contributed by atoms with van der Waals surface area (Å²) in [4.78, 5) is 17.1. The number of halogens is 1. The number of carbonyl (C=O) groups excluding carboxylic acids is 1. The first-order valence-corrected chi connectivity index (χ1v) is 8.17. The van der Waals surface area contributed by atoms with Crippen LogP contribution in [0.4, 0.5) is 0 Å². The van der Waals surface area contributed by atoms with Gasteiger partial charge < -0.3 is 10.2 Å². The quantitative estimate of drug-likeness (QED) is 0.864. The topological polar surface area (TPSA) is 35.6 Å². The molecule has 2 aliphatic heterocycles. The van der Waals surface area contributed by atoms with E-state index in [-0.39, 0.29) is 18.3 Å². The van der Waals surface area contributed by atoms with Crippen molar-refractivity contribution in [2.75, 3.05) is 45.8 Å². The van der Waals surface area contributed by atoms with Gasteiger partial charge >= 0.3 is 0 Å². The monoisotopic (exact) mass is 317 g/mol. The molecule has 2 aliphatic rings. The molecule has 0 aromatic carbocycles. The summed E-state index contributed by atoms with van der Waals surface area (Å²) in [6.07, 6.45) is 3.27. The van der Waals surface area contributed by atoms with Crippen LogP contribution in [-0.2, 0) is 4.79 Å². The van der Waals surface area contributed by atoms with Crippen LogP contribution in [0.15, 0.2) is 0 Å². The predicted octanol–water partition coefficient (Wildman–Crippen LogP) is 1.99. The maximum atomic E-state index is 12.5. The molecule has 0 aromatic heterocycles. The van der Waals surface area contributed by atoms with Crippen LogP contribution in [-0.4, -0.2) is 61.5 Å². The average molecular weight is 318 g/mol. The molecule has 2 saturated heterocycles. The molecule has 124 valence electrons. The van der Waals surface area contributed by atoms with Crippen molar-refractivity contribution in [2.24, 2.45) is 11.3 Å². The van der Waals surface area contributed by atoms with Crippen LogP contribution in [0.3, 0.4) is 0 Å². The summed E-state index contributed by atoms with van der Waals surface area (Å²) in [6, 6.07) is 0. The second-order valence-corrected chi connectivity index (χ2v) is 7.50. The first-order valence-electron chi connectivity index (χ1n) is 8.17. The van der Waals surface area contributed by atoms with Gasteiger partial charge in [0.1, 0.15) is 0 Å². The minimum absolute atomic E-state index is 0. The second-order valence-electron chi connectivity index (χ2n) is 7.50. The Morgan fingerprint density at radius 2 is 1.67 bits per heavy atom. The zero-order chi connectivity index (χ0) is 14.6. The number of piperazine rings is 1. The van der Waals surface area contributed by atoms with Gasteiger partial charge in [0.25, 0.3) is 0 Å². The fourth-order valence-corrected chi connectivity index (χ4v) is 3.01. The van der Waals surface area contributed by atoms with E-state index >= 15 is 0 Å². The maximum absolute atomic E-state index is 12.5. The van der Waals surface area contributed by atoms with Gasteiger partial charge in [0.2, 0.25) is 5.91 Å². The van der Waals surface area contributed by atoms with Gasteiger partial charge in [0, 0.05) is 32.1 Å². The highest BCUT2D eigenvalue weighted by molar-refractivity contribution is 5.85. The molecule has 0 saturated carbocycles. The van der Waals surface area contributed by atoms with Crippen LogP contribution in [0.2, 0.25) is 0 Å². The minimum atomic E-state index is 0. The molecule has 0 atom stereocenters.